The molecule has 1 aliphatic carbocycles. The van der Waals surface area contributed by atoms with Crippen molar-refractivity contribution in [2.24, 2.45) is 7.05 Å². The largest absolute Gasteiger partial charge is 0.469 e. The van der Waals surface area contributed by atoms with Crippen molar-refractivity contribution in [2.45, 2.75) is 50.7 Å². The van der Waals surface area contributed by atoms with Crippen LogP contribution in [0, 0.1) is 6.92 Å². The lowest BCUT2D eigenvalue weighted by molar-refractivity contribution is -0.138. The highest BCUT2D eigenvalue weighted by atomic mass is 16.3. The van der Waals surface area contributed by atoms with E-state index in [9.17, 15) is 9.59 Å². The van der Waals surface area contributed by atoms with E-state index in [-0.39, 0.29) is 29.9 Å². The zero-order chi connectivity index (χ0) is 17.6. The first-order chi connectivity index (χ1) is 12.0. The van der Waals surface area contributed by atoms with Crippen molar-refractivity contribution in [3.63, 3.8) is 0 Å². The first-order valence-corrected chi connectivity index (χ1v) is 8.68. The lowest BCUT2D eigenvalue weighted by Crippen LogP contribution is -2.53. The summed E-state index contributed by atoms with van der Waals surface area (Å²) in [5.74, 6) is 0.698. The molecule has 25 heavy (non-hydrogen) atoms. The number of piperidine rings is 1. The lowest BCUT2D eigenvalue weighted by Gasteiger charge is -2.41. The molecule has 2 aliphatic rings. The number of furan rings is 1. The topological polar surface area (TPSA) is 80.4 Å². The van der Waals surface area contributed by atoms with E-state index in [0.29, 0.717) is 24.2 Å². The number of imidazole rings is 1. The van der Waals surface area contributed by atoms with E-state index in [2.05, 4.69) is 10.3 Å². The number of carbonyl (C=O) groups is 2. The Morgan fingerprint density at radius 2 is 2.16 bits per heavy atom. The van der Waals surface area contributed by atoms with Gasteiger partial charge in [-0.15, -0.1) is 0 Å². The monoisotopic (exact) mass is 342 g/mol. The maximum atomic E-state index is 12.6. The van der Waals surface area contributed by atoms with Gasteiger partial charge in [0.25, 0.3) is 5.91 Å². The van der Waals surface area contributed by atoms with Crippen molar-refractivity contribution in [3.05, 3.63) is 41.9 Å². The van der Waals surface area contributed by atoms with Gasteiger partial charge in [-0.1, -0.05) is 0 Å². The number of rotatable bonds is 4. The molecule has 7 nitrogen and oxygen atoms in total. The van der Waals surface area contributed by atoms with Gasteiger partial charge in [0.05, 0.1) is 35.9 Å². The van der Waals surface area contributed by atoms with Gasteiger partial charge >= 0.3 is 0 Å². The van der Waals surface area contributed by atoms with Crippen LogP contribution in [0.25, 0.3) is 0 Å². The van der Waals surface area contributed by atoms with E-state index in [1.54, 1.807) is 18.6 Å². The van der Waals surface area contributed by atoms with Crippen molar-refractivity contribution in [3.8, 4) is 0 Å². The second-order valence-corrected chi connectivity index (χ2v) is 6.97. The molecule has 1 saturated heterocycles. The minimum Gasteiger partial charge on any atom is -0.469 e. The summed E-state index contributed by atoms with van der Waals surface area (Å²) in [5, 5.41) is 3.11. The molecule has 2 aromatic rings. The van der Waals surface area contributed by atoms with Crippen molar-refractivity contribution >= 4 is 11.8 Å². The SMILES string of the molecule is Cc1cc(C(=O)N[C@@H]2CCC(=O)N(C3CC3)[C@H]2c2cncn2C)co1. The number of aromatic nitrogens is 2. The molecule has 0 radical (unpaired) electrons. The summed E-state index contributed by atoms with van der Waals surface area (Å²) < 4.78 is 7.17. The molecule has 4 rings (SSSR count). The predicted octanol–water partition coefficient (Wildman–Crippen LogP) is 1.95. The summed E-state index contributed by atoms with van der Waals surface area (Å²) in [6, 6.07) is 1.68. The molecule has 1 N–H and O–H groups in total. The van der Waals surface area contributed by atoms with Crippen LogP contribution in [0.5, 0.6) is 0 Å². The molecule has 1 aliphatic heterocycles. The molecule has 0 aromatic carbocycles. The normalized spacial score (nSPS) is 23.8. The van der Waals surface area contributed by atoms with Crippen LogP contribution in [0.15, 0.2) is 29.3 Å². The number of carbonyl (C=O) groups excluding carboxylic acids is 2. The Balaban J connectivity index is 1.63. The number of amides is 2. The highest BCUT2D eigenvalue weighted by molar-refractivity contribution is 5.94. The molecule has 3 heterocycles. The molecule has 2 amide bonds. The van der Waals surface area contributed by atoms with Crippen molar-refractivity contribution in [1.82, 2.24) is 19.8 Å². The van der Waals surface area contributed by atoms with Gasteiger partial charge in [0.15, 0.2) is 0 Å². The fourth-order valence-electron chi connectivity index (χ4n) is 3.66. The molecule has 132 valence electrons. The standard InChI is InChI=1S/C18H22N4O3/c1-11-7-12(9-25-11)18(24)20-14-5-6-16(23)22(13-3-4-13)17(14)15-8-19-10-21(15)2/h7-10,13-14,17H,3-6H2,1-2H3,(H,20,24)/t14-,17-/m1/s1. The van der Waals surface area contributed by atoms with Crippen molar-refractivity contribution < 1.29 is 14.0 Å². The highest BCUT2D eigenvalue weighted by Gasteiger charge is 2.45. The lowest BCUT2D eigenvalue weighted by atomic mass is 9.92. The van der Waals surface area contributed by atoms with Crippen LogP contribution < -0.4 is 5.32 Å². The molecule has 2 fully saturated rings. The Hall–Kier alpha value is -2.57. The van der Waals surface area contributed by atoms with Crippen molar-refractivity contribution in [1.29, 1.82) is 0 Å². The molecule has 1 saturated carbocycles. The molecular weight excluding hydrogens is 320 g/mol. The average molecular weight is 342 g/mol. The van der Waals surface area contributed by atoms with Crippen LogP contribution in [-0.4, -0.2) is 38.3 Å². The number of nitrogens with zero attached hydrogens (tertiary/aromatic N) is 3. The number of likely N-dealkylation sites (tertiary alicyclic amines) is 1. The molecular formula is C18H22N4O3. The summed E-state index contributed by atoms with van der Waals surface area (Å²) in [6.07, 6.45) is 8.14. The van der Waals surface area contributed by atoms with Gasteiger partial charge in [0, 0.05) is 19.5 Å². The van der Waals surface area contributed by atoms with Crippen molar-refractivity contribution in [2.75, 3.05) is 0 Å². The van der Waals surface area contributed by atoms with Crippen LogP contribution in [0.3, 0.4) is 0 Å². The van der Waals surface area contributed by atoms with Gasteiger partial charge in [0.2, 0.25) is 5.91 Å². The average Bonchev–Trinajstić information content (AvgIpc) is 3.18. The molecule has 0 bridgehead atoms. The van der Waals surface area contributed by atoms with E-state index in [1.165, 1.54) is 6.26 Å². The minimum atomic E-state index is -0.182. The van der Waals surface area contributed by atoms with E-state index < -0.39 is 0 Å². The van der Waals surface area contributed by atoms with Crippen LogP contribution in [0.2, 0.25) is 0 Å². The summed E-state index contributed by atoms with van der Waals surface area (Å²) in [6.45, 7) is 1.81. The van der Waals surface area contributed by atoms with E-state index >= 15 is 0 Å². The van der Waals surface area contributed by atoms with Gasteiger partial charge in [-0.2, -0.15) is 0 Å². The zero-order valence-electron chi connectivity index (χ0n) is 14.4. The Labute approximate surface area is 146 Å². The van der Waals surface area contributed by atoms with Gasteiger partial charge in [-0.25, -0.2) is 4.98 Å². The molecule has 7 heteroatoms. The third-order valence-electron chi connectivity index (χ3n) is 5.04. The zero-order valence-corrected chi connectivity index (χ0v) is 14.4. The summed E-state index contributed by atoms with van der Waals surface area (Å²) in [5.41, 5.74) is 1.46. The maximum Gasteiger partial charge on any atom is 0.254 e. The molecule has 2 aromatic heterocycles. The molecule has 0 unspecified atom stereocenters. The third kappa shape index (κ3) is 2.94. The first kappa shape index (κ1) is 15.9. The smallest absolute Gasteiger partial charge is 0.254 e. The van der Waals surface area contributed by atoms with Gasteiger partial charge < -0.3 is 19.2 Å². The molecule has 0 spiro atoms. The molecule has 2 atom stereocenters. The number of aryl methyl sites for hydroxylation is 2. The fourth-order valence-corrected chi connectivity index (χ4v) is 3.66. The summed E-state index contributed by atoms with van der Waals surface area (Å²) >= 11 is 0. The predicted molar refractivity (Wildman–Crippen MR) is 89.8 cm³/mol. The Kier molecular flexibility index (Phi) is 3.86. The van der Waals surface area contributed by atoms with E-state index in [1.807, 2.05) is 23.4 Å². The second kappa shape index (κ2) is 6.06. The van der Waals surface area contributed by atoms with E-state index in [0.717, 1.165) is 18.5 Å². The number of nitrogens with one attached hydrogen (secondary N) is 1. The highest BCUT2D eigenvalue weighted by Crippen LogP contribution is 2.40. The van der Waals surface area contributed by atoms with Crippen LogP contribution in [0.4, 0.5) is 0 Å². The third-order valence-corrected chi connectivity index (χ3v) is 5.04. The Morgan fingerprint density at radius 1 is 1.36 bits per heavy atom. The first-order valence-electron chi connectivity index (χ1n) is 8.68. The minimum absolute atomic E-state index is 0.142. The maximum absolute atomic E-state index is 12.6. The Bertz CT molecular complexity index is 805. The van der Waals surface area contributed by atoms with Gasteiger partial charge in [-0.05, 0) is 32.3 Å². The Morgan fingerprint density at radius 3 is 2.76 bits per heavy atom. The van der Waals surface area contributed by atoms with Gasteiger partial charge in [0.1, 0.15) is 12.0 Å². The quantitative estimate of drug-likeness (QED) is 0.921. The number of hydrogen-bond acceptors (Lipinski definition) is 4. The summed E-state index contributed by atoms with van der Waals surface area (Å²) in [7, 11) is 1.92. The van der Waals surface area contributed by atoms with E-state index in [4.69, 9.17) is 4.42 Å². The fraction of sp³-hybridized carbons (Fsp3) is 0.500. The van der Waals surface area contributed by atoms with Crippen LogP contribution in [-0.2, 0) is 11.8 Å². The number of hydrogen-bond donors (Lipinski definition) is 1. The van der Waals surface area contributed by atoms with Gasteiger partial charge in [-0.3, -0.25) is 9.59 Å². The summed E-state index contributed by atoms with van der Waals surface area (Å²) in [4.78, 5) is 31.3. The van der Waals surface area contributed by atoms with Crippen LogP contribution in [0.1, 0.15) is 53.5 Å². The van der Waals surface area contributed by atoms with Crippen LogP contribution >= 0.6 is 0 Å². The second-order valence-electron chi connectivity index (χ2n) is 6.97.